The Labute approximate surface area is 122 Å². The maximum absolute atomic E-state index is 5.98. The van der Waals surface area contributed by atoms with Crippen molar-refractivity contribution in [3.8, 4) is 0 Å². The van der Waals surface area contributed by atoms with Crippen LogP contribution in [0, 0.1) is 5.41 Å². The van der Waals surface area contributed by atoms with Gasteiger partial charge >= 0.3 is 0 Å². The molecule has 1 saturated heterocycles. The van der Waals surface area contributed by atoms with E-state index in [0.717, 1.165) is 18.9 Å². The highest BCUT2D eigenvalue weighted by Crippen LogP contribution is 2.44. The summed E-state index contributed by atoms with van der Waals surface area (Å²) in [7, 11) is 0. The largest absolute Gasteiger partial charge is 0.357 e. The van der Waals surface area contributed by atoms with Gasteiger partial charge in [-0.1, -0.05) is 19.3 Å². The van der Waals surface area contributed by atoms with Crippen LogP contribution < -0.4 is 10.6 Å². The Morgan fingerprint density at radius 1 is 1.15 bits per heavy atom. The van der Waals surface area contributed by atoms with Gasteiger partial charge in [0.05, 0.1) is 0 Å². The number of hydrogen-bond acceptors (Lipinski definition) is 3. The number of rotatable bonds is 2. The predicted octanol–water partition coefficient (Wildman–Crippen LogP) is 3.65. The lowest BCUT2D eigenvalue weighted by Crippen LogP contribution is -2.41. The topological polar surface area (TPSA) is 42.1 Å². The Balaban J connectivity index is 1.67. The molecule has 1 atom stereocenters. The van der Waals surface area contributed by atoms with Crippen LogP contribution in [0.1, 0.15) is 63.5 Å². The SMILES string of the molecule is CC(N)c1ccnc(N2CCC3(CCCCC3)CC2)c1. The van der Waals surface area contributed by atoms with Crippen LogP contribution in [0.2, 0.25) is 0 Å². The van der Waals surface area contributed by atoms with Crippen molar-refractivity contribution in [2.75, 3.05) is 18.0 Å². The van der Waals surface area contributed by atoms with Gasteiger partial charge < -0.3 is 10.6 Å². The molecule has 0 bridgehead atoms. The fourth-order valence-corrected chi connectivity index (χ4v) is 3.90. The molecule has 0 aromatic carbocycles. The van der Waals surface area contributed by atoms with E-state index in [1.807, 2.05) is 19.2 Å². The summed E-state index contributed by atoms with van der Waals surface area (Å²) in [4.78, 5) is 7.00. The van der Waals surface area contributed by atoms with Crippen molar-refractivity contribution in [1.29, 1.82) is 0 Å². The molecule has 1 spiro atoms. The zero-order valence-corrected chi connectivity index (χ0v) is 12.6. The Morgan fingerprint density at radius 2 is 1.85 bits per heavy atom. The molecule has 1 aromatic rings. The minimum Gasteiger partial charge on any atom is -0.357 e. The highest BCUT2D eigenvalue weighted by atomic mass is 15.2. The number of pyridine rings is 1. The average Bonchev–Trinajstić information content (AvgIpc) is 2.49. The van der Waals surface area contributed by atoms with Crippen LogP contribution in [0.4, 0.5) is 5.82 Å². The second-order valence-corrected chi connectivity index (χ2v) is 6.78. The van der Waals surface area contributed by atoms with Crippen LogP contribution in [0.5, 0.6) is 0 Å². The molecule has 3 heteroatoms. The van der Waals surface area contributed by atoms with Crippen molar-refractivity contribution in [2.45, 2.75) is 57.9 Å². The minimum absolute atomic E-state index is 0.0891. The van der Waals surface area contributed by atoms with E-state index in [0.29, 0.717) is 5.41 Å². The van der Waals surface area contributed by atoms with Crippen molar-refractivity contribution in [2.24, 2.45) is 11.1 Å². The first-order chi connectivity index (χ1) is 9.69. The third kappa shape index (κ3) is 2.83. The third-order valence-electron chi connectivity index (χ3n) is 5.36. The van der Waals surface area contributed by atoms with Gasteiger partial charge in [-0.15, -0.1) is 0 Å². The van der Waals surface area contributed by atoms with Gasteiger partial charge in [-0.05, 0) is 55.7 Å². The predicted molar refractivity (Wildman–Crippen MR) is 83.8 cm³/mol. The van der Waals surface area contributed by atoms with Crippen molar-refractivity contribution >= 4 is 5.82 Å². The number of piperidine rings is 1. The molecule has 1 aliphatic carbocycles. The number of anilines is 1. The second kappa shape index (κ2) is 5.72. The van der Waals surface area contributed by atoms with Gasteiger partial charge in [0.25, 0.3) is 0 Å². The molecule has 1 unspecified atom stereocenters. The fourth-order valence-electron chi connectivity index (χ4n) is 3.90. The van der Waals surface area contributed by atoms with Crippen LogP contribution in [-0.4, -0.2) is 18.1 Å². The molecule has 2 aliphatic rings. The number of aromatic nitrogens is 1. The minimum atomic E-state index is 0.0891. The van der Waals surface area contributed by atoms with E-state index in [1.165, 1.54) is 50.5 Å². The molecule has 1 aliphatic heterocycles. The summed E-state index contributed by atoms with van der Waals surface area (Å²) >= 11 is 0. The summed E-state index contributed by atoms with van der Waals surface area (Å²) < 4.78 is 0. The van der Waals surface area contributed by atoms with Crippen molar-refractivity contribution in [3.05, 3.63) is 23.9 Å². The maximum atomic E-state index is 5.98. The van der Waals surface area contributed by atoms with E-state index in [-0.39, 0.29) is 6.04 Å². The van der Waals surface area contributed by atoms with Crippen molar-refractivity contribution < 1.29 is 0 Å². The van der Waals surface area contributed by atoms with Crippen LogP contribution >= 0.6 is 0 Å². The van der Waals surface area contributed by atoms with Gasteiger partial charge in [-0.3, -0.25) is 0 Å². The van der Waals surface area contributed by atoms with Crippen LogP contribution in [0.3, 0.4) is 0 Å². The summed E-state index contributed by atoms with van der Waals surface area (Å²) in [5, 5.41) is 0. The molecule has 1 saturated carbocycles. The van der Waals surface area contributed by atoms with E-state index in [9.17, 15) is 0 Å². The lowest BCUT2D eigenvalue weighted by Gasteiger charge is -2.44. The molecule has 2 N–H and O–H groups in total. The van der Waals surface area contributed by atoms with Crippen LogP contribution in [0.15, 0.2) is 18.3 Å². The van der Waals surface area contributed by atoms with E-state index in [4.69, 9.17) is 5.73 Å². The maximum Gasteiger partial charge on any atom is 0.128 e. The smallest absolute Gasteiger partial charge is 0.128 e. The monoisotopic (exact) mass is 273 g/mol. The first kappa shape index (κ1) is 13.9. The van der Waals surface area contributed by atoms with Gasteiger partial charge in [-0.2, -0.15) is 0 Å². The van der Waals surface area contributed by atoms with Crippen molar-refractivity contribution in [1.82, 2.24) is 4.98 Å². The van der Waals surface area contributed by atoms with Gasteiger partial charge in [0, 0.05) is 25.3 Å². The zero-order valence-electron chi connectivity index (χ0n) is 12.6. The Bertz CT molecular complexity index is 439. The van der Waals surface area contributed by atoms with Crippen LogP contribution in [0.25, 0.3) is 0 Å². The molecular formula is C17H27N3. The Morgan fingerprint density at radius 3 is 2.50 bits per heavy atom. The molecule has 3 nitrogen and oxygen atoms in total. The van der Waals surface area contributed by atoms with Gasteiger partial charge in [0.15, 0.2) is 0 Å². The van der Waals surface area contributed by atoms with Gasteiger partial charge in [0.2, 0.25) is 0 Å². The molecule has 0 radical (unpaired) electrons. The molecule has 3 rings (SSSR count). The molecule has 110 valence electrons. The van der Waals surface area contributed by atoms with Gasteiger partial charge in [-0.25, -0.2) is 4.98 Å². The highest BCUT2D eigenvalue weighted by molar-refractivity contribution is 5.42. The third-order valence-corrected chi connectivity index (χ3v) is 5.36. The van der Waals surface area contributed by atoms with E-state index >= 15 is 0 Å². The lowest BCUT2D eigenvalue weighted by molar-refractivity contribution is 0.144. The second-order valence-electron chi connectivity index (χ2n) is 6.78. The Kier molecular flexibility index (Phi) is 3.97. The molecular weight excluding hydrogens is 246 g/mol. The number of nitrogens with zero attached hydrogens (tertiary/aromatic N) is 2. The summed E-state index contributed by atoms with van der Waals surface area (Å²) in [6.07, 6.45) is 11.8. The fraction of sp³-hybridized carbons (Fsp3) is 0.706. The summed E-state index contributed by atoms with van der Waals surface area (Å²) in [6.45, 7) is 4.36. The number of hydrogen-bond donors (Lipinski definition) is 1. The van der Waals surface area contributed by atoms with Gasteiger partial charge in [0.1, 0.15) is 5.82 Å². The normalized spacial score (nSPS) is 23.8. The summed E-state index contributed by atoms with van der Waals surface area (Å²) in [6, 6.07) is 4.29. The van der Waals surface area contributed by atoms with E-state index in [1.54, 1.807) is 0 Å². The summed E-state index contributed by atoms with van der Waals surface area (Å²) in [5.41, 5.74) is 7.83. The van der Waals surface area contributed by atoms with Crippen LogP contribution in [-0.2, 0) is 0 Å². The summed E-state index contributed by atoms with van der Waals surface area (Å²) in [5.74, 6) is 1.12. The van der Waals surface area contributed by atoms with E-state index < -0.39 is 0 Å². The molecule has 1 aromatic heterocycles. The van der Waals surface area contributed by atoms with Crippen molar-refractivity contribution in [3.63, 3.8) is 0 Å². The van der Waals surface area contributed by atoms with E-state index in [2.05, 4.69) is 16.0 Å². The zero-order chi connectivity index (χ0) is 14.0. The number of nitrogens with two attached hydrogens (primary N) is 1. The molecule has 2 heterocycles. The first-order valence-corrected chi connectivity index (χ1v) is 8.15. The molecule has 0 amide bonds. The average molecular weight is 273 g/mol. The quantitative estimate of drug-likeness (QED) is 0.894. The lowest BCUT2D eigenvalue weighted by atomic mass is 9.68. The highest BCUT2D eigenvalue weighted by Gasteiger charge is 2.35. The first-order valence-electron chi connectivity index (χ1n) is 8.15. The standard InChI is InChI=1S/C17H27N3/c1-14(18)15-5-10-19-16(13-15)20-11-8-17(9-12-20)6-3-2-4-7-17/h5,10,13-14H,2-4,6-9,11-12,18H2,1H3. The Hall–Kier alpha value is -1.09. The molecule has 2 fully saturated rings. The molecule has 20 heavy (non-hydrogen) atoms.